The molecule has 3 nitrogen and oxygen atoms in total. The Bertz CT molecular complexity index is 4220. The predicted octanol–water partition coefficient (Wildman–Crippen LogP) is 18.6. The third-order valence-electron chi connectivity index (χ3n) is 15.3. The van der Waals surface area contributed by atoms with Crippen molar-refractivity contribution in [3.63, 3.8) is 0 Å². The third kappa shape index (κ3) is 13.6. The summed E-state index contributed by atoms with van der Waals surface area (Å²) in [6, 6.07) is 44.5. The molecule has 10 aromatic rings. The van der Waals surface area contributed by atoms with Crippen LogP contribution in [0.2, 0.25) is 0 Å². The first kappa shape index (κ1) is 72.5. The van der Waals surface area contributed by atoms with Crippen LogP contribution in [0.3, 0.4) is 0 Å². The van der Waals surface area contributed by atoms with Crippen LogP contribution in [0.25, 0.3) is 0 Å². The first-order valence-corrected chi connectivity index (χ1v) is 31.5. The number of aryl methyl sites for hydroxylation is 3. The number of Topliss-reactive ketones (excluding diaryl/α,β-unsaturated/α-hetero) is 3. The van der Waals surface area contributed by atoms with Crippen LogP contribution in [-0.2, 0) is 10.9 Å². The van der Waals surface area contributed by atoms with Crippen molar-refractivity contribution in [2.75, 3.05) is 0 Å². The van der Waals surface area contributed by atoms with Gasteiger partial charge in [0.2, 0.25) is 0 Å². The van der Waals surface area contributed by atoms with Crippen molar-refractivity contribution in [3.05, 3.63) is 277 Å². The highest BCUT2D eigenvalue weighted by Gasteiger charge is 2.52. The van der Waals surface area contributed by atoms with E-state index in [-0.39, 0.29) is 28.2 Å². The van der Waals surface area contributed by atoms with Crippen LogP contribution in [-0.4, -0.2) is 23.5 Å². The highest BCUT2D eigenvalue weighted by Crippen LogP contribution is 2.39. The molecule has 0 saturated carbocycles. The number of halogens is 20. The lowest BCUT2D eigenvalue weighted by molar-refractivity contribution is 0.100. The Kier molecular flexibility index (Phi) is 21.5. The molecule has 0 amide bonds. The van der Waals surface area contributed by atoms with Crippen LogP contribution in [0.15, 0.2) is 171 Å². The summed E-state index contributed by atoms with van der Waals surface area (Å²) in [5.74, 6) is -71.2. The van der Waals surface area contributed by atoms with E-state index in [1.165, 1.54) is 14.7 Å². The molecule has 0 aliphatic rings. The Morgan fingerprint density at radius 1 is 0.258 bits per heavy atom. The molecule has 10 aromatic carbocycles. The second kappa shape index (κ2) is 28.8. The number of carbonyl (C=O) groups excluding carboxylic acids is 3. The third-order valence-corrected chi connectivity index (χ3v) is 20.5. The molecule has 0 unspecified atom stereocenters. The Hall–Kier alpha value is -8.73. The molecule has 28 heteroatoms. The SMILES string of the molecule is CC(=O)c1ccc(Sc2ccc([S+](c3ccc(Sc4ccc(C(C)=O)c(C)c4)cc3)c3ccc(Sc4ccc(C(C)=O)c(C)c4)cc3)cc2)cc1C.Fc1c(F)c(F)c([B-](c2c(F)c(F)c(F)c(F)c2F)(c2c(F)c(F)c(F)c(F)c2F)c2c(F)c(F)c(F)c(F)c2F)c(F)c1F. The van der Waals surface area contributed by atoms with Crippen molar-refractivity contribution in [2.45, 2.75) is 85.6 Å². The molecule has 0 spiro atoms. The van der Waals surface area contributed by atoms with Crippen molar-refractivity contribution in [1.29, 1.82) is 0 Å². The van der Waals surface area contributed by atoms with Gasteiger partial charge in [0.25, 0.3) is 0 Å². The first-order valence-electron chi connectivity index (χ1n) is 27.8. The van der Waals surface area contributed by atoms with Gasteiger partial charge in [-0.1, -0.05) is 53.5 Å². The van der Waals surface area contributed by atoms with Crippen molar-refractivity contribution < 1.29 is 102 Å². The van der Waals surface area contributed by atoms with Crippen molar-refractivity contribution in [1.82, 2.24) is 0 Å². The Morgan fingerprint density at radius 3 is 0.588 bits per heavy atom. The number of ketones is 3. The fourth-order valence-corrected chi connectivity index (χ4v) is 15.7. The second-order valence-corrected chi connectivity index (χ2v) is 26.9. The van der Waals surface area contributed by atoms with E-state index in [4.69, 9.17) is 0 Å². The summed E-state index contributed by atoms with van der Waals surface area (Å²) in [5, 5.41) is 0. The molecule has 0 fully saturated rings. The Morgan fingerprint density at radius 2 is 0.423 bits per heavy atom. The Labute approximate surface area is 553 Å². The minimum absolute atomic E-state index is 0.0838. The number of hydrogen-bond donors (Lipinski definition) is 0. The van der Waals surface area contributed by atoms with E-state index in [0.29, 0.717) is 0 Å². The zero-order chi connectivity index (χ0) is 71.3. The zero-order valence-corrected chi connectivity index (χ0v) is 53.4. The molecule has 10 rings (SSSR count). The maximum Gasteiger partial charge on any atom is 0.200 e. The largest absolute Gasteiger partial charge is 0.295 e. The van der Waals surface area contributed by atoms with E-state index >= 15 is 35.1 Å². The summed E-state index contributed by atoms with van der Waals surface area (Å²) in [6.07, 6.45) is -7.22. The molecule has 0 bridgehead atoms. The molecule has 0 aliphatic heterocycles. The summed E-state index contributed by atoms with van der Waals surface area (Å²) >= 11 is 5.09. The lowest BCUT2D eigenvalue weighted by Gasteiger charge is -2.44. The van der Waals surface area contributed by atoms with E-state index in [1.807, 2.05) is 57.2 Å². The van der Waals surface area contributed by atoms with Gasteiger partial charge < -0.3 is 0 Å². The Balaban J connectivity index is 0.000000230. The van der Waals surface area contributed by atoms with E-state index in [9.17, 15) is 67.1 Å². The van der Waals surface area contributed by atoms with Crippen LogP contribution < -0.4 is 21.9 Å². The molecule has 0 heterocycles. The van der Waals surface area contributed by atoms with Crippen LogP contribution in [0, 0.1) is 137 Å². The van der Waals surface area contributed by atoms with E-state index in [2.05, 4.69) is 91.0 Å². The van der Waals surface area contributed by atoms with E-state index in [1.54, 1.807) is 56.1 Å². The van der Waals surface area contributed by atoms with Crippen molar-refractivity contribution >= 4 is 91.5 Å². The highest BCUT2D eigenvalue weighted by atomic mass is 32.2. The normalized spacial score (nSPS) is 11.5. The summed E-state index contributed by atoms with van der Waals surface area (Å²) in [6.45, 7) is 10.8. The number of carbonyl (C=O) groups is 3. The molecule has 97 heavy (non-hydrogen) atoms. The second-order valence-electron chi connectivity index (χ2n) is 21.4. The van der Waals surface area contributed by atoms with Gasteiger partial charge in [-0.25, -0.2) is 87.8 Å². The smallest absolute Gasteiger partial charge is 0.200 e. The van der Waals surface area contributed by atoms with Gasteiger partial charge in [0.05, 0.1) is 10.9 Å². The summed E-state index contributed by atoms with van der Waals surface area (Å²) in [5.41, 5.74) is -9.07. The molecule has 500 valence electrons. The molecular formula is C69H39BF20O3S4. The quantitative estimate of drug-likeness (QED) is 0.0240. The van der Waals surface area contributed by atoms with Gasteiger partial charge in [0.15, 0.2) is 102 Å². The minimum atomic E-state index is -7.22. The average molecular weight is 1440 g/mol. The molecule has 0 aromatic heterocycles. The van der Waals surface area contributed by atoms with Gasteiger partial charge >= 0.3 is 0 Å². The monoisotopic (exact) mass is 1430 g/mol. The number of rotatable bonds is 16. The molecule has 0 N–H and O–H groups in total. The van der Waals surface area contributed by atoms with Gasteiger partial charge in [-0.15, -0.1) is 21.9 Å². The van der Waals surface area contributed by atoms with Gasteiger partial charge in [0, 0.05) is 46.1 Å². The minimum Gasteiger partial charge on any atom is -0.295 e. The van der Waals surface area contributed by atoms with Crippen LogP contribution in [0.1, 0.15) is 68.5 Å². The molecule has 0 atom stereocenters. The molecular weight excluding hydrogens is 1400 g/mol. The maximum atomic E-state index is 15.4. The fourth-order valence-electron chi connectivity index (χ4n) is 10.9. The van der Waals surface area contributed by atoms with Gasteiger partial charge in [0.1, 0.15) is 52.7 Å². The molecule has 0 radical (unpaired) electrons. The topological polar surface area (TPSA) is 51.2 Å². The summed E-state index contributed by atoms with van der Waals surface area (Å²) in [7, 11) is -0.355. The van der Waals surface area contributed by atoms with E-state index in [0.717, 1.165) is 62.8 Å². The van der Waals surface area contributed by atoms with Gasteiger partial charge in [-0.3, -0.25) is 14.4 Å². The van der Waals surface area contributed by atoms with Crippen molar-refractivity contribution in [2.24, 2.45) is 0 Å². The van der Waals surface area contributed by atoms with Crippen molar-refractivity contribution in [3.8, 4) is 0 Å². The maximum absolute atomic E-state index is 15.4. The van der Waals surface area contributed by atoms with E-state index < -0.39 is 144 Å². The van der Waals surface area contributed by atoms with Crippen LogP contribution in [0.4, 0.5) is 87.8 Å². The number of benzene rings is 10. The number of hydrogen-bond acceptors (Lipinski definition) is 6. The fraction of sp³-hybridized carbons (Fsp3) is 0.0870. The molecule has 0 aliphatic carbocycles. The molecule has 0 saturated heterocycles. The van der Waals surface area contributed by atoms with Crippen LogP contribution >= 0.6 is 35.3 Å². The zero-order valence-electron chi connectivity index (χ0n) is 50.1. The first-order chi connectivity index (χ1) is 45.6. The van der Waals surface area contributed by atoms with Gasteiger partial charge in [-0.05, 0) is 167 Å². The lowest BCUT2D eigenvalue weighted by atomic mass is 9.12. The van der Waals surface area contributed by atoms with Crippen LogP contribution in [0.5, 0.6) is 0 Å². The average Bonchev–Trinajstić information content (AvgIpc) is 0.681. The summed E-state index contributed by atoms with van der Waals surface area (Å²) < 4.78 is 294. The predicted molar refractivity (Wildman–Crippen MR) is 327 cm³/mol. The standard InChI is InChI=1S/C45H39O3S4.C24BF20/c1-28-25-37(13-22-43(28)31(4)46)49-34-7-16-40(17-8-34)52(41-18-9-35(10-19-41)50-38-14-23-44(32(5)47)29(2)26-38)42-20-11-36(12-21-42)51-39-15-24-45(33(6)48)30(3)27-39;26-5-1(6(27)14(35)21(42)13(5)34)25(2-7(28)15(36)22(43)16(37)8(2)29,3-9(30)17(38)23(44)18(39)10(3)31)4-11(32)19(40)24(45)20(41)12(4)33/h7-27H,1-6H3;/q+1;-1. The highest BCUT2D eigenvalue weighted by molar-refractivity contribution is 8.00. The lowest BCUT2D eigenvalue weighted by Crippen LogP contribution is -2.81. The summed E-state index contributed by atoms with van der Waals surface area (Å²) in [4.78, 5) is 46.2. The van der Waals surface area contributed by atoms with Gasteiger partial charge in [-0.2, -0.15) is 0 Å².